The lowest BCUT2D eigenvalue weighted by Gasteiger charge is -2.29. The van der Waals surface area contributed by atoms with Crippen molar-refractivity contribution in [2.45, 2.75) is 51.5 Å². The van der Waals surface area contributed by atoms with Gasteiger partial charge in [0.15, 0.2) is 5.96 Å². The summed E-state index contributed by atoms with van der Waals surface area (Å²) in [5, 5.41) is 6.80. The second-order valence-corrected chi connectivity index (χ2v) is 7.54. The average Bonchev–Trinajstić information content (AvgIpc) is 3.19. The molecule has 1 aliphatic carbocycles. The second-order valence-electron chi connectivity index (χ2n) is 7.54. The molecular formula is C18H35N5O. The number of nitrogens with one attached hydrogen (secondary N) is 2. The lowest BCUT2D eigenvalue weighted by atomic mass is 9.85. The van der Waals surface area contributed by atoms with Gasteiger partial charge in [0.1, 0.15) is 0 Å². The van der Waals surface area contributed by atoms with E-state index in [0.717, 1.165) is 44.7 Å². The molecule has 0 bridgehead atoms. The van der Waals surface area contributed by atoms with Gasteiger partial charge in [-0.25, -0.2) is 0 Å². The van der Waals surface area contributed by atoms with E-state index in [9.17, 15) is 4.79 Å². The summed E-state index contributed by atoms with van der Waals surface area (Å²) in [6.45, 7) is 5.59. The lowest BCUT2D eigenvalue weighted by Crippen LogP contribution is -2.45. The van der Waals surface area contributed by atoms with Gasteiger partial charge in [0, 0.05) is 33.2 Å². The molecule has 2 fully saturated rings. The Bertz CT molecular complexity index is 443. The number of carbonyl (C=O) groups excluding carboxylic acids is 1. The maximum absolute atomic E-state index is 12.7. The van der Waals surface area contributed by atoms with Crippen molar-refractivity contribution < 1.29 is 4.79 Å². The van der Waals surface area contributed by atoms with Gasteiger partial charge in [0.05, 0.1) is 12.0 Å². The number of hydrogen-bond acceptors (Lipinski definition) is 3. The summed E-state index contributed by atoms with van der Waals surface area (Å²) in [5.74, 6) is 1.07. The number of carbonyl (C=O) groups is 1. The Morgan fingerprint density at radius 2 is 1.96 bits per heavy atom. The van der Waals surface area contributed by atoms with Gasteiger partial charge in [-0.1, -0.05) is 12.8 Å². The quantitative estimate of drug-likeness (QED) is 0.566. The molecule has 1 saturated heterocycles. The van der Waals surface area contributed by atoms with Crippen molar-refractivity contribution in [3.8, 4) is 0 Å². The van der Waals surface area contributed by atoms with Crippen molar-refractivity contribution in [2.75, 3.05) is 47.3 Å². The molecule has 6 heteroatoms. The van der Waals surface area contributed by atoms with E-state index in [-0.39, 0.29) is 11.3 Å². The molecule has 2 rings (SSSR count). The van der Waals surface area contributed by atoms with Crippen LogP contribution in [0.3, 0.4) is 0 Å². The first kappa shape index (κ1) is 19.0. The van der Waals surface area contributed by atoms with E-state index < -0.39 is 0 Å². The molecule has 138 valence electrons. The van der Waals surface area contributed by atoms with Crippen LogP contribution >= 0.6 is 0 Å². The molecule has 2 N–H and O–H groups in total. The zero-order chi connectivity index (χ0) is 17.6. The molecule has 1 atom stereocenters. The highest BCUT2D eigenvalue weighted by atomic mass is 16.2. The molecule has 6 nitrogen and oxygen atoms in total. The van der Waals surface area contributed by atoms with Crippen molar-refractivity contribution >= 4 is 11.9 Å². The maximum Gasteiger partial charge on any atom is 0.230 e. The fourth-order valence-electron chi connectivity index (χ4n) is 3.99. The van der Waals surface area contributed by atoms with E-state index in [1.165, 1.54) is 19.4 Å². The van der Waals surface area contributed by atoms with Gasteiger partial charge in [-0.15, -0.1) is 0 Å². The number of likely N-dealkylation sites (N-methyl/N-ethyl adjacent to an activating group) is 1. The molecule has 0 radical (unpaired) electrons. The number of hydrogen-bond donors (Lipinski definition) is 2. The minimum absolute atomic E-state index is 0.232. The van der Waals surface area contributed by atoms with Crippen molar-refractivity contribution in [2.24, 2.45) is 10.4 Å². The van der Waals surface area contributed by atoms with Crippen LogP contribution in [0.15, 0.2) is 4.99 Å². The summed E-state index contributed by atoms with van der Waals surface area (Å²) in [4.78, 5) is 21.6. The van der Waals surface area contributed by atoms with Crippen molar-refractivity contribution in [1.29, 1.82) is 0 Å². The summed E-state index contributed by atoms with van der Waals surface area (Å²) in [6.07, 6.45) is 6.69. The number of nitrogens with zero attached hydrogens (tertiary/aromatic N) is 3. The Kier molecular flexibility index (Phi) is 6.90. The highest BCUT2D eigenvalue weighted by molar-refractivity contribution is 5.84. The van der Waals surface area contributed by atoms with E-state index in [1.807, 2.05) is 14.1 Å². The number of guanidine groups is 1. The number of aliphatic imine (C=N–C) groups is 1. The van der Waals surface area contributed by atoms with Crippen LogP contribution in [0, 0.1) is 5.41 Å². The first-order chi connectivity index (χ1) is 11.5. The summed E-state index contributed by atoms with van der Waals surface area (Å²) in [5.41, 5.74) is -0.296. The van der Waals surface area contributed by atoms with E-state index in [0.29, 0.717) is 12.6 Å². The SMILES string of the molecule is CCNC(=NCC1(C(=O)N(C)C)CCCC1)NCC1CCCN1C. The van der Waals surface area contributed by atoms with Gasteiger partial charge < -0.3 is 20.4 Å². The minimum Gasteiger partial charge on any atom is -0.357 e. The highest BCUT2D eigenvalue weighted by Crippen LogP contribution is 2.39. The van der Waals surface area contributed by atoms with Gasteiger partial charge in [0.25, 0.3) is 0 Å². The molecule has 1 amide bonds. The van der Waals surface area contributed by atoms with Crippen LogP contribution in [0.4, 0.5) is 0 Å². The molecule has 1 saturated carbocycles. The average molecular weight is 338 g/mol. The molecule has 1 unspecified atom stereocenters. The monoisotopic (exact) mass is 337 g/mol. The predicted molar refractivity (Wildman–Crippen MR) is 99.2 cm³/mol. The summed E-state index contributed by atoms with van der Waals surface area (Å²) < 4.78 is 0. The third-order valence-corrected chi connectivity index (χ3v) is 5.48. The molecule has 2 aliphatic rings. The lowest BCUT2D eigenvalue weighted by molar-refractivity contribution is -0.138. The maximum atomic E-state index is 12.7. The van der Waals surface area contributed by atoms with E-state index in [4.69, 9.17) is 4.99 Å². The van der Waals surface area contributed by atoms with Gasteiger partial charge in [-0.3, -0.25) is 9.79 Å². The van der Waals surface area contributed by atoms with Crippen LogP contribution in [0.1, 0.15) is 45.4 Å². The zero-order valence-electron chi connectivity index (χ0n) is 15.9. The zero-order valence-corrected chi connectivity index (χ0v) is 15.9. The fourth-order valence-corrected chi connectivity index (χ4v) is 3.99. The predicted octanol–water partition coefficient (Wildman–Crippen LogP) is 1.28. The van der Waals surface area contributed by atoms with Crippen molar-refractivity contribution in [1.82, 2.24) is 20.4 Å². The van der Waals surface area contributed by atoms with Crippen LogP contribution in [-0.2, 0) is 4.79 Å². The van der Waals surface area contributed by atoms with E-state index in [2.05, 4.69) is 29.5 Å². The Labute approximate surface area is 147 Å². The Morgan fingerprint density at radius 1 is 1.25 bits per heavy atom. The molecule has 0 aromatic rings. The van der Waals surface area contributed by atoms with Gasteiger partial charge >= 0.3 is 0 Å². The normalized spacial score (nSPS) is 24.2. The molecule has 0 spiro atoms. The van der Waals surface area contributed by atoms with Crippen LogP contribution in [0.2, 0.25) is 0 Å². The van der Waals surface area contributed by atoms with E-state index >= 15 is 0 Å². The van der Waals surface area contributed by atoms with Crippen LogP contribution < -0.4 is 10.6 Å². The number of amides is 1. The van der Waals surface area contributed by atoms with Gasteiger partial charge in [0.2, 0.25) is 5.91 Å². The molecule has 0 aromatic carbocycles. The van der Waals surface area contributed by atoms with Crippen LogP contribution in [0.5, 0.6) is 0 Å². The summed E-state index contributed by atoms with van der Waals surface area (Å²) >= 11 is 0. The first-order valence-electron chi connectivity index (χ1n) is 9.43. The Hall–Kier alpha value is -1.30. The van der Waals surface area contributed by atoms with Gasteiger partial charge in [-0.05, 0) is 46.2 Å². The largest absolute Gasteiger partial charge is 0.357 e. The van der Waals surface area contributed by atoms with E-state index in [1.54, 1.807) is 4.90 Å². The highest BCUT2D eigenvalue weighted by Gasteiger charge is 2.42. The second kappa shape index (κ2) is 8.70. The first-order valence-corrected chi connectivity index (χ1v) is 9.43. The number of likely N-dealkylation sites (tertiary alicyclic amines) is 1. The summed E-state index contributed by atoms with van der Waals surface area (Å²) in [6, 6.07) is 0.581. The topological polar surface area (TPSA) is 60.0 Å². The third kappa shape index (κ3) is 4.62. The van der Waals surface area contributed by atoms with Crippen LogP contribution in [0.25, 0.3) is 0 Å². The fraction of sp³-hybridized carbons (Fsp3) is 0.889. The molecule has 1 heterocycles. The number of rotatable bonds is 6. The summed E-state index contributed by atoms with van der Waals surface area (Å²) in [7, 11) is 5.89. The van der Waals surface area contributed by atoms with Gasteiger partial charge in [-0.2, -0.15) is 0 Å². The smallest absolute Gasteiger partial charge is 0.230 e. The van der Waals surface area contributed by atoms with Crippen molar-refractivity contribution in [3.05, 3.63) is 0 Å². The molecule has 24 heavy (non-hydrogen) atoms. The molecule has 0 aromatic heterocycles. The van der Waals surface area contributed by atoms with Crippen molar-refractivity contribution in [3.63, 3.8) is 0 Å². The molecular weight excluding hydrogens is 302 g/mol. The Morgan fingerprint density at radius 3 is 2.50 bits per heavy atom. The standard InChI is InChI=1S/C18H35N5O/c1-5-19-17(20-13-15-9-8-12-23(15)4)21-14-18(10-6-7-11-18)16(24)22(2)3/h15H,5-14H2,1-4H3,(H2,19,20,21). The Balaban J connectivity index is 1.98. The minimum atomic E-state index is -0.296. The molecule has 1 aliphatic heterocycles. The third-order valence-electron chi connectivity index (χ3n) is 5.48. The van der Waals surface area contributed by atoms with Crippen LogP contribution in [-0.4, -0.2) is 75.0 Å².